The Labute approximate surface area is 111 Å². The molecule has 1 aromatic carbocycles. The zero-order chi connectivity index (χ0) is 13.4. The van der Waals surface area contributed by atoms with E-state index in [4.69, 9.17) is 21.1 Å². The van der Waals surface area contributed by atoms with Crippen molar-refractivity contribution in [3.63, 3.8) is 0 Å². The zero-order valence-corrected chi connectivity index (χ0v) is 11.1. The Morgan fingerprint density at radius 3 is 2.83 bits per heavy atom. The highest BCUT2D eigenvalue weighted by molar-refractivity contribution is 6.31. The second kappa shape index (κ2) is 8.43. The average molecular weight is 277 g/mol. The van der Waals surface area contributed by atoms with Crippen LogP contribution >= 0.6 is 11.6 Å². The first-order valence-electron chi connectivity index (χ1n) is 5.82. The summed E-state index contributed by atoms with van der Waals surface area (Å²) in [5.74, 6) is -0.460. The van der Waals surface area contributed by atoms with Gasteiger partial charge in [0.2, 0.25) is 0 Å². The summed E-state index contributed by atoms with van der Waals surface area (Å²) in [4.78, 5) is 0. The van der Waals surface area contributed by atoms with Crippen LogP contribution < -0.4 is 0 Å². The zero-order valence-electron chi connectivity index (χ0n) is 10.4. The molecule has 0 heterocycles. The van der Waals surface area contributed by atoms with Crippen molar-refractivity contribution in [3.05, 3.63) is 34.6 Å². The molecule has 1 unspecified atom stereocenters. The molecule has 102 valence electrons. The Kier molecular flexibility index (Phi) is 7.20. The number of rotatable bonds is 8. The number of benzene rings is 1. The predicted octanol–water partition coefficient (Wildman–Crippen LogP) is 2.44. The van der Waals surface area contributed by atoms with Crippen LogP contribution in [0.25, 0.3) is 0 Å². The van der Waals surface area contributed by atoms with Crippen molar-refractivity contribution >= 4 is 11.6 Å². The summed E-state index contributed by atoms with van der Waals surface area (Å²) < 4.78 is 23.2. The van der Waals surface area contributed by atoms with E-state index in [1.54, 1.807) is 19.2 Å². The van der Waals surface area contributed by atoms with Gasteiger partial charge in [-0.2, -0.15) is 0 Å². The molecular formula is C13H18ClFO3. The summed E-state index contributed by atoms with van der Waals surface area (Å²) in [5.41, 5.74) is 0.612. The Morgan fingerprint density at radius 2 is 2.11 bits per heavy atom. The fourth-order valence-corrected chi connectivity index (χ4v) is 1.73. The van der Waals surface area contributed by atoms with Gasteiger partial charge >= 0.3 is 0 Å². The van der Waals surface area contributed by atoms with Gasteiger partial charge in [-0.05, 0) is 18.1 Å². The molecule has 3 nitrogen and oxygen atoms in total. The molecule has 0 aliphatic heterocycles. The lowest BCUT2D eigenvalue weighted by molar-refractivity contribution is 0.0479. The third kappa shape index (κ3) is 5.31. The van der Waals surface area contributed by atoms with Crippen molar-refractivity contribution in [1.29, 1.82) is 0 Å². The molecule has 0 radical (unpaired) electrons. The van der Waals surface area contributed by atoms with Gasteiger partial charge in [0.1, 0.15) is 5.82 Å². The maximum atomic E-state index is 13.2. The van der Waals surface area contributed by atoms with E-state index in [9.17, 15) is 9.50 Å². The molecular weight excluding hydrogens is 259 g/mol. The van der Waals surface area contributed by atoms with Crippen molar-refractivity contribution in [2.75, 3.05) is 26.9 Å². The van der Waals surface area contributed by atoms with Crippen LogP contribution in [0.15, 0.2) is 18.2 Å². The standard InChI is InChI=1S/C13H18ClFO3/c1-17-7-8-18-6-5-11(16)9-10-3-2-4-12(15)13(10)14/h2-4,11,16H,5-9H2,1H3. The molecule has 0 fully saturated rings. The summed E-state index contributed by atoms with van der Waals surface area (Å²) in [6.07, 6.45) is 0.215. The van der Waals surface area contributed by atoms with E-state index in [2.05, 4.69) is 0 Å². The van der Waals surface area contributed by atoms with Gasteiger partial charge in [0.15, 0.2) is 0 Å². The maximum absolute atomic E-state index is 13.2. The predicted molar refractivity (Wildman–Crippen MR) is 68.4 cm³/mol. The highest BCUT2D eigenvalue weighted by Gasteiger charge is 2.11. The Bertz CT molecular complexity index is 360. The fraction of sp³-hybridized carbons (Fsp3) is 0.538. The minimum Gasteiger partial charge on any atom is -0.393 e. The third-order valence-corrected chi connectivity index (χ3v) is 2.94. The minimum absolute atomic E-state index is 0.0804. The lowest BCUT2D eigenvalue weighted by Gasteiger charge is -2.12. The van der Waals surface area contributed by atoms with Crippen molar-refractivity contribution in [2.24, 2.45) is 0 Å². The summed E-state index contributed by atoms with van der Waals surface area (Å²) in [6.45, 7) is 1.48. The summed E-state index contributed by atoms with van der Waals surface area (Å²) in [5, 5.41) is 9.86. The van der Waals surface area contributed by atoms with Crippen LogP contribution in [0.2, 0.25) is 5.02 Å². The summed E-state index contributed by atoms with van der Waals surface area (Å²) in [6, 6.07) is 4.59. The van der Waals surface area contributed by atoms with Crippen molar-refractivity contribution < 1.29 is 19.0 Å². The number of hydrogen-bond acceptors (Lipinski definition) is 3. The molecule has 0 aromatic heterocycles. The van der Waals surface area contributed by atoms with Crippen molar-refractivity contribution in [1.82, 2.24) is 0 Å². The van der Waals surface area contributed by atoms with E-state index in [0.29, 0.717) is 38.2 Å². The van der Waals surface area contributed by atoms with Crippen LogP contribution in [0.3, 0.4) is 0 Å². The molecule has 1 N–H and O–H groups in total. The molecule has 0 aliphatic rings. The Morgan fingerprint density at radius 1 is 1.33 bits per heavy atom. The molecule has 0 aliphatic carbocycles. The molecule has 0 bridgehead atoms. The van der Waals surface area contributed by atoms with Crippen LogP contribution in [0.5, 0.6) is 0 Å². The molecule has 5 heteroatoms. The van der Waals surface area contributed by atoms with Crippen molar-refractivity contribution in [2.45, 2.75) is 18.9 Å². The third-order valence-electron chi connectivity index (χ3n) is 2.51. The Balaban J connectivity index is 2.31. The molecule has 1 atom stereocenters. The number of aliphatic hydroxyl groups is 1. The number of methoxy groups -OCH3 is 1. The highest BCUT2D eigenvalue weighted by Crippen LogP contribution is 2.21. The SMILES string of the molecule is COCCOCCC(O)Cc1cccc(F)c1Cl. The lowest BCUT2D eigenvalue weighted by atomic mass is 10.1. The van der Waals surface area contributed by atoms with E-state index >= 15 is 0 Å². The quantitative estimate of drug-likeness (QED) is 0.741. The summed E-state index contributed by atoms with van der Waals surface area (Å²) in [7, 11) is 1.60. The second-order valence-electron chi connectivity index (χ2n) is 3.96. The van der Waals surface area contributed by atoms with Gasteiger partial charge < -0.3 is 14.6 Å². The van der Waals surface area contributed by atoms with Gasteiger partial charge in [-0.3, -0.25) is 0 Å². The van der Waals surface area contributed by atoms with Crippen LogP contribution in [0.4, 0.5) is 4.39 Å². The van der Waals surface area contributed by atoms with E-state index in [0.717, 1.165) is 0 Å². The first kappa shape index (κ1) is 15.4. The number of ether oxygens (including phenoxy) is 2. The Hall–Kier alpha value is -0.680. The first-order valence-corrected chi connectivity index (χ1v) is 6.20. The fourth-order valence-electron chi connectivity index (χ4n) is 1.53. The molecule has 0 spiro atoms. The van der Waals surface area contributed by atoms with E-state index in [-0.39, 0.29) is 5.02 Å². The van der Waals surface area contributed by atoms with Crippen LogP contribution in [-0.4, -0.2) is 38.1 Å². The molecule has 0 saturated carbocycles. The minimum atomic E-state index is -0.591. The topological polar surface area (TPSA) is 38.7 Å². The average Bonchev–Trinajstić information content (AvgIpc) is 2.35. The van der Waals surface area contributed by atoms with Crippen LogP contribution in [-0.2, 0) is 15.9 Å². The number of hydrogen-bond donors (Lipinski definition) is 1. The molecule has 0 amide bonds. The molecule has 1 rings (SSSR count). The summed E-state index contributed by atoms with van der Waals surface area (Å²) >= 11 is 5.81. The maximum Gasteiger partial charge on any atom is 0.142 e. The normalized spacial score (nSPS) is 12.7. The van der Waals surface area contributed by atoms with Crippen LogP contribution in [0, 0.1) is 5.82 Å². The van der Waals surface area contributed by atoms with Crippen LogP contribution in [0.1, 0.15) is 12.0 Å². The highest BCUT2D eigenvalue weighted by atomic mass is 35.5. The smallest absolute Gasteiger partial charge is 0.142 e. The van der Waals surface area contributed by atoms with E-state index < -0.39 is 11.9 Å². The largest absolute Gasteiger partial charge is 0.393 e. The van der Waals surface area contributed by atoms with Gasteiger partial charge in [0.25, 0.3) is 0 Å². The molecule has 18 heavy (non-hydrogen) atoms. The monoisotopic (exact) mass is 276 g/mol. The molecule has 1 aromatic rings. The van der Waals surface area contributed by atoms with Gasteiger partial charge in [-0.1, -0.05) is 23.7 Å². The number of aliphatic hydroxyl groups excluding tert-OH is 1. The first-order chi connectivity index (χ1) is 8.65. The van der Waals surface area contributed by atoms with Gasteiger partial charge in [-0.15, -0.1) is 0 Å². The van der Waals surface area contributed by atoms with E-state index in [1.165, 1.54) is 6.07 Å². The van der Waals surface area contributed by atoms with Gasteiger partial charge in [0, 0.05) is 20.1 Å². The number of halogens is 2. The second-order valence-corrected chi connectivity index (χ2v) is 4.34. The van der Waals surface area contributed by atoms with Gasteiger partial charge in [0.05, 0.1) is 24.3 Å². The van der Waals surface area contributed by atoms with Crippen molar-refractivity contribution in [3.8, 4) is 0 Å². The lowest BCUT2D eigenvalue weighted by Crippen LogP contribution is -2.15. The van der Waals surface area contributed by atoms with E-state index in [1.807, 2.05) is 0 Å². The molecule has 0 saturated heterocycles. The van der Waals surface area contributed by atoms with Gasteiger partial charge in [-0.25, -0.2) is 4.39 Å².